The van der Waals surface area contributed by atoms with E-state index in [0.717, 1.165) is 11.4 Å². The van der Waals surface area contributed by atoms with Crippen LogP contribution in [0.5, 0.6) is 0 Å². The first-order chi connectivity index (χ1) is 16.4. The van der Waals surface area contributed by atoms with Crippen molar-refractivity contribution in [3.63, 3.8) is 0 Å². The lowest BCUT2D eigenvalue weighted by Gasteiger charge is -2.27. The summed E-state index contributed by atoms with van der Waals surface area (Å²) in [7, 11) is 0. The van der Waals surface area contributed by atoms with Crippen LogP contribution < -0.4 is 4.90 Å². The third-order valence-corrected chi connectivity index (χ3v) is 6.23. The first-order valence-corrected chi connectivity index (χ1v) is 11.3. The Bertz CT molecular complexity index is 1510. The number of hydrogen-bond acceptors (Lipinski definition) is 1. The smallest absolute Gasteiger partial charge is 0.0540 e. The van der Waals surface area contributed by atoms with Crippen molar-refractivity contribution in [2.45, 2.75) is 0 Å². The molecule has 0 aliphatic heterocycles. The summed E-state index contributed by atoms with van der Waals surface area (Å²) in [6.07, 6.45) is 0. The fraction of sp³-hybridized carbons (Fsp3) is 0. The zero-order chi connectivity index (χ0) is 22.0. The van der Waals surface area contributed by atoms with Gasteiger partial charge in [0.05, 0.1) is 5.69 Å². The average molecular weight is 422 g/mol. The largest absolute Gasteiger partial charge is 0.310 e. The molecule has 33 heavy (non-hydrogen) atoms. The van der Waals surface area contributed by atoms with Gasteiger partial charge < -0.3 is 4.90 Å². The van der Waals surface area contributed by atoms with Gasteiger partial charge in [0.15, 0.2) is 0 Å². The van der Waals surface area contributed by atoms with Gasteiger partial charge in [0.25, 0.3) is 0 Å². The first-order valence-electron chi connectivity index (χ1n) is 11.3. The van der Waals surface area contributed by atoms with Gasteiger partial charge in [0, 0.05) is 16.8 Å². The molecule has 0 radical (unpaired) electrons. The Balaban J connectivity index is 1.58. The topological polar surface area (TPSA) is 3.24 Å². The van der Waals surface area contributed by atoms with Crippen molar-refractivity contribution < 1.29 is 0 Å². The van der Waals surface area contributed by atoms with Gasteiger partial charge in [0.1, 0.15) is 0 Å². The fourth-order valence-electron chi connectivity index (χ4n) is 4.68. The minimum absolute atomic E-state index is 1.15. The molecule has 0 amide bonds. The van der Waals surface area contributed by atoms with Gasteiger partial charge in [-0.3, -0.25) is 0 Å². The van der Waals surface area contributed by atoms with E-state index in [1.54, 1.807) is 0 Å². The van der Waals surface area contributed by atoms with Gasteiger partial charge in [-0.15, -0.1) is 0 Å². The monoisotopic (exact) mass is 421 g/mol. The van der Waals surface area contributed by atoms with E-state index in [1.165, 1.54) is 38.4 Å². The van der Waals surface area contributed by atoms with Crippen LogP contribution in [-0.4, -0.2) is 0 Å². The molecule has 0 N–H and O–H groups in total. The minimum atomic E-state index is 1.15. The summed E-state index contributed by atoms with van der Waals surface area (Å²) in [5.41, 5.74) is 5.95. The highest BCUT2D eigenvalue weighted by Crippen LogP contribution is 2.41. The van der Waals surface area contributed by atoms with E-state index in [4.69, 9.17) is 0 Å². The van der Waals surface area contributed by atoms with Gasteiger partial charge in [0.2, 0.25) is 0 Å². The van der Waals surface area contributed by atoms with E-state index in [0.29, 0.717) is 0 Å². The third-order valence-electron chi connectivity index (χ3n) is 6.23. The van der Waals surface area contributed by atoms with Gasteiger partial charge in [-0.25, -0.2) is 0 Å². The van der Waals surface area contributed by atoms with Crippen LogP contribution in [0.15, 0.2) is 140 Å². The van der Waals surface area contributed by atoms with Crippen LogP contribution >= 0.6 is 0 Å². The number of nitrogens with zero attached hydrogens (tertiary/aromatic N) is 1. The quantitative estimate of drug-likeness (QED) is 0.274. The number of para-hydroxylation sites is 2. The van der Waals surface area contributed by atoms with E-state index >= 15 is 0 Å². The number of anilines is 3. The zero-order valence-corrected chi connectivity index (χ0v) is 18.2. The second-order valence-corrected chi connectivity index (χ2v) is 8.25. The molecule has 0 aliphatic carbocycles. The van der Waals surface area contributed by atoms with Gasteiger partial charge in [-0.05, 0) is 63.7 Å². The molecular weight excluding hydrogens is 398 g/mol. The zero-order valence-electron chi connectivity index (χ0n) is 18.2. The number of rotatable bonds is 4. The molecule has 0 fully saturated rings. The predicted octanol–water partition coefficient (Wildman–Crippen LogP) is 9.13. The molecule has 0 spiro atoms. The second kappa shape index (κ2) is 8.29. The van der Waals surface area contributed by atoms with Crippen LogP contribution in [0.3, 0.4) is 0 Å². The Morgan fingerprint density at radius 3 is 1.73 bits per heavy atom. The van der Waals surface area contributed by atoms with E-state index < -0.39 is 0 Å². The molecule has 1 nitrogen and oxygen atoms in total. The molecule has 156 valence electrons. The number of hydrogen-bond donors (Lipinski definition) is 0. The SMILES string of the molecule is c1ccc(N(c2ccccc2)c2cccc3c(-c4ccc5ccccc5c4)cccc23)cc1. The van der Waals surface area contributed by atoms with Crippen molar-refractivity contribution >= 4 is 38.6 Å². The standard InChI is InChI=1S/C32H23N/c1-3-13-27(14-4-1)33(28-15-5-2-6-16-28)32-20-10-18-30-29(17-9-19-31(30)32)26-22-21-24-11-7-8-12-25(24)23-26/h1-23H. The highest BCUT2D eigenvalue weighted by Gasteiger charge is 2.16. The van der Waals surface area contributed by atoms with E-state index in [2.05, 4.69) is 144 Å². The Kier molecular flexibility index (Phi) is 4.86. The summed E-state index contributed by atoms with van der Waals surface area (Å²) in [5.74, 6) is 0. The maximum Gasteiger partial charge on any atom is 0.0540 e. The van der Waals surface area contributed by atoms with E-state index in [-0.39, 0.29) is 0 Å². The molecule has 6 aromatic rings. The molecule has 6 aromatic carbocycles. The molecule has 0 aromatic heterocycles. The molecule has 0 heterocycles. The first kappa shape index (κ1) is 19.3. The second-order valence-electron chi connectivity index (χ2n) is 8.25. The molecule has 1 heteroatoms. The van der Waals surface area contributed by atoms with Crippen LogP contribution in [0.2, 0.25) is 0 Å². The molecule has 0 atom stereocenters. The lowest BCUT2D eigenvalue weighted by molar-refractivity contribution is 1.30. The van der Waals surface area contributed by atoms with Crippen LogP contribution in [-0.2, 0) is 0 Å². The summed E-state index contributed by atoms with van der Waals surface area (Å²) < 4.78 is 0. The molecule has 6 rings (SSSR count). The van der Waals surface area contributed by atoms with E-state index in [9.17, 15) is 0 Å². The molecule has 0 aliphatic rings. The summed E-state index contributed by atoms with van der Waals surface area (Å²) in [6.45, 7) is 0. The van der Waals surface area contributed by atoms with Crippen LogP contribution in [0.4, 0.5) is 17.1 Å². The predicted molar refractivity (Wildman–Crippen MR) is 142 cm³/mol. The lowest BCUT2D eigenvalue weighted by atomic mass is 9.95. The van der Waals surface area contributed by atoms with Crippen LogP contribution in [0.1, 0.15) is 0 Å². The Labute approximate surface area is 194 Å². The summed E-state index contributed by atoms with van der Waals surface area (Å²) in [5, 5.41) is 5.01. The van der Waals surface area contributed by atoms with Crippen molar-refractivity contribution in [2.24, 2.45) is 0 Å². The average Bonchev–Trinajstić information content (AvgIpc) is 2.90. The summed E-state index contributed by atoms with van der Waals surface area (Å²) in [6, 6.07) is 49.7. The van der Waals surface area contributed by atoms with Crippen LogP contribution in [0, 0.1) is 0 Å². The Morgan fingerprint density at radius 1 is 0.394 bits per heavy atom. The summed E-state index contributed by atoms with van der Waals surface area (Å²) >= 11 is 0. The molecule has 0 bridgehead atoms. The minimum Gasteiger partial charge on any atom is -0.310 e. The summed E-state index contributed by atoms with van der Waals surface area (Å²) in [4.78, 5) is 2.34. The molecule has 0 unspecified atom stereocenters. The third kappa shape index (κ3) is 3.54. The Hall–Kier alpha value is -4.36. The van der Waals surface area contributed by atoms with Gasteiger partial charge in [-0.2, -0.15) is 0 Å². The van der Waals surface area contributed by atoms with Crippen molar-refractivity contribution in [1.29, 1.82) is 0 Å². The molecular formula is C32H23N. The fourth-order valence-corrected chi connectivity index (χ4v) is 4.68. The normalized spacial score (nSPS) is 11.0. The maximum atomic E-state index is 2.34. The molecule has 0 saturated carbocycles. The van der Waals surface area contributed by atoms with Gasteiger partial charge in [-0.1, -0.05) is 103 Å². The van der Waals surface area contributed by atoms with Crippen LogP contribution in [0.25, 0.3) is 32.7 Å². The van der Waals surface area contributed by atoms with Crippen molar-refractivity contribution in [1.82, 2.24) is 0 Å². The molecule has 0 saturated heterocycles. The lowest BCUT2D eigenvalue weighted by Crippen LogP contribution is -2.10. The maximum absolute atomic E-state index is 2.34. The highest BCUT2D eigenvalue weighted by atomic mass is 15.1. The number of fused-ring (bicyclic) bond motifs is 2. The van der Waals surface area contributed by atoms with Crippen molar-refractivity contribution in [2.75, 3.05) is 4.90 Å². The highest BCUT2D eigenvalue weighted by molar-refractivity contribution is 6.06. The van der Waals surface area contributed by atoms with Crippen molar-refractivity contribution in [3.8, 4) is 11.1 Å². The Morgan fingerprint density at radius 2 is 1.00 bits per heavy atom. The number of benzene rings is 6. The van der Waals surface area contributed by atoms with E-state index in [1.807, 2.05) is 0 Å². The van der Waals surface area contributed by atoms with Gasteiger partial charge >= 0.3 is 0 Å². The van der Waals surface area contributed by atoms with Crippen molar-refractivity contribution in [3.05, 3.63) is 140 Å².